The van der Waals surface area contributed by atoms with Crippen LogP contribution in [0.25, 0.3) is 0 Å². The molecule has 17 heavy (non-hydrogen) atoms. The van der Waals surface area contributed by atoms with Gasteiger partial charge in [-0.3, -0.25) is 0 Å². The number of aryl methyl sites for hydroxylation is 2. The maximum absolute atomic E-state index is 5.35. The average molecular weight is 252 g/mol. The Balaban J connectivity index is 2.97. The summed E-state index contributed by atoms with van der Waals surface area (Å²) in [6, 6.07) is 3.99. The van der Waals surface area contributed by atoms with Crippen LogP contribution in [0.5, 0.6) is 5.75 Å². The quantitative estimate of drug-likeness (QED) is 0.458. The Labute approximate surface area is 104 Å². The van der Waals surface area contributed by atoms with E-state index in [9.17, 15) is 0 Å². The van der Waals surface area contributed by atoms with E-state index in [1.54, 1.807) is 7.11 Å². The molecule has 0 aromatic heterocycles. The van der Waals surface area contributed by atoms with Crippen molar-refractivity contribution in [3.8, 4) is 5.75 Å². The van der Waals surface area contributed by atoms with Gasteiger partial charge in [0.2, 0.25) is 0 Å². The first-order valence-corrected chi connectivity index (χ1v) is 8.99. The van der Waals surface area contributed by atoms with Crippen LogP contribution in [0.4, 0.5) is 5.69 Å². The summed E-state index contributed by atoms with van der Waals surface area (Å²) in [7, 11) is -0.0321. The van der Waals surface area contributed by atoms with Gasteiger partial charge in [-0.2, -0.15) is 0 Å². The second kappa shape index (κ2) is 5.31. The summed E-state index contributed by atoms with van der Waals surface area (Å²) in [5, 5.41) is 7.91. The molecule has 0 radical (unpaired) electrons. The predicted octanol–water partition coefficient (Wildman–Crippen LogP) is 4.16. The van der Waals surface area contributed by atoms with Crippen molar-refractivity contribution in [2.24, 2.45) is 10.4 Å². The van der Waals surface area contributed by atoms with Crippen LogP contribution in [-0.2, 0) is 4.53 Å². The van der Waals surface area contributed by atoms with Crippen LogP contribution in [0, 0.1) is 13.8 Å². The fourth-order valence-corrected chi connectivity index (χ4v) is 1.74. The molecule has 0 aliphatic carbocycles. The first-order chi connectivity index (χ1) is 7.83. The predicted molar refractivity (Wildman–Crippen MR) is 71.4 cm³/mol. The summed E-state index contributed by atoms with van der Waals surface area (Å²) < 4.78 is 10.7. The van der Waals surface area contributed by atoms with E-state index in [0.29, 0.717) is 5.69 Å². The molecule has 0 N–H and O–H groups in total. The number of nitrogens with zero attached hydrogens (tertiary/aromatic N) is 2. The molecule has 0 aliphatic heterocycles. The van der Waals surface area contributed by atoms with Gasteiger partial charge in [-0.05, 0) is 50.7 Å². The summed E-state index contributed by atoms with van der Waals surface area (Å²) in [5.74, 6) is 0.749. The van der Waals surface area contributed by atoms with Crippen molar-refractivity contribution in [3.63, 3.8) is 0 Å². The fraction of sp³-hybridized carbons (Fsp3) is 0.500. The zero-order chi connectivity index (χ0) is 13.1. The van der Waals surface area contributed by atoms with Crippen molar-refractivity contribution in [3.05, 3.63) is 23.3 Å². The fourth-order valence-electron chi connectivity index (χ4n) is 1.46. The molecule has 0 atom stereocenters. The highest BCUT2D eigenvalue weighted by Crippen LogP contribution is 2.32. The maximum Gasteiger partial charge on any atom is 0.280 e. The lowest BCUT2D eigenvalue weighted by molar-refractivity contribution is 0.305. The molecule has 0 unspecified atom stereocenters. The van der Waals surface area contributed by atoms with E-state index in [-0.39, 0.29) is 0 Å². The van der Waals surface area contributed by atoms with E-state index in [1.165, 1.54) is 0 Å². The molecule has 4 nitrogen and oxygen atoms in total. The van der Waals surface area contributed by atoms with Gasteiger partial charge >= 0.3 is 0 Å². The molecule has 0 heterocycles. The summed E-state index contributed by atoms with van der Waals surface area (Å²) in [6.45, 7) is 10.2. The van der Waals surface area contributed by atoms with E-state index in [1.807, 2.05) is 19.9 Å². The number of hydrogen-bond donors (Lipinski definition) is 0. The van der Waals surface area contributed by atoms with Crippen LogP contribution >= 0.6 is 0 Å². The third kappa shape index (κ3) is 4.18. The highest BCUT2D eigenvalue weighted by Gasteiger charge is 2.16. The van der Waals surface area contributed by atoms with E-state index >= 15 is 0 Å². The molecule has 1 aromatic carbocycles. The van der Waals surface area contributed by atoms with Gasteiger partial charge < -0.3 is 9.26 Å². The molecule has 0 fully saturated rings. The standard InChI is InChI=1S/C12H20N2O2Si/c1-9-7-10(2)12(15-3)11(8-9)13-14-16-17(4,5)6/h7-8H,1-6H3. The Bertz CT molecular complexity index is 425. The minimum absolute atomic E-state index is 0.711. The largest absolute Gasteiger partial charge is 0.494 e. The van der Waals surface area contributed by atoms with Crippen molar-refractivity contribution >= 4 is 14.0 Å². The third-order valence-corrected chi connectivity index (χ3v) is 2.70. The Kier molecular flexibility index (Phi) is 4.28. The molecule has 0 saturated carbocycles. The second-order valence-electron chi connectivity index (χ2n) is 5.02. The lowest BCUT2D eigenvalue weighted by Gasteiger charge is -2.12. The van der Waals surface area contributed by atoms with Crippen molar-refractivity contribution in [1.29, 1.82) is 0 Å². The van der Waals surface area contributed by atoms with E-state index in [4.69, 9.17) is 9.26 Å². The number of benzene rings is 1. The Morgan fingerprint density at radius 3 is 2.29 bits per heavy atom. The van der Waals surface area contributed by atoms with Crippen LogP contribution < -0.4 is 4.74 Å². The molecule has 1 aromatic rings. The molecule has 0 spiro atoms. The molecule has 94 valence electrons. The zero-order valence-corrected chi connectivity index (χ0v) is 12.4. The Morgan fingerprint density at radius 2 is 1.76 bits per heavy atom. The molecule has 0 saturated heterocycles. The lowest BCUT2D eigenvalue weighted by Crippen LogP contribution is -2.21. The summed E-state index contributed by atoms with van der Waals surface area (Å²) in [5.41, 5.74) is 2.89. The topological polar surface area (TPSA) is 43.2 Å². The Hall–Kier alpha value is -1.36. The lowest BCUT2D eigenvalue weighted by atomic mass is 10.1. The number of hydrogen-bond acceptors (Lipinski definition) is 4. The highest BCUT2D eigenvalue weighted by atomic mass is 28.4. The van der Waals surface area contributed by atoms with E-state index in [2.05, 4.69) is 36.1 Å². The van der Waals surface area contributed by atoms with Crippen LogP contribution in [-0.4, -0.2) is 15.4 Å². The second-order valence-corrected chi connectivity index (χ2v) is 9.43. The summed E-state index contributed by atoms with van der Waals surface area (Å²) >= 11 is 0. The average Bonchev–Trinajstić information content (AvgIpc) is 2.14. The normalized spacial score (nSPS) is 11.9. The molecule has 0 bridgehead atoms. The molecular formula is C12H20N2O2Si. The van der Waals surface area contributed by atoms with Crippen molar-refractivity contribution < 1.29 is 9.26 Å². The van der Waals surface area contributed by atoms with Crippen LogP contribution in [0.15, 0.2) is 22.5 Å². The molecule has 5 heteroatoms. The summed E-state index contributed by atoms with van der Waals surface area (Å²) in [6.07, 6.45) is 0. The van der Waals surface area contributed by atoms with Gasteiger partial charge in [0, 0.05) is 5.28 Å². The van der Waals surface area contributed by atoms with Gasteiger partial charge in [-0.15, -0.1) is 5.11 Å². The van der Waals surface area contributed by atoms with Crippen molar-refractivity contribution in [1.82, 2.24) is 0 Å². The number of ether oxygens (including phenoxy) is 1. The highest BCUT2D eigenvalue weighted by molar-refractivity contribution is 6.69. The third-order valence-electron chi connectivity index (χ3n) is 2.07. The van der Waals surface area contributed by atoms with Crippen LogP contribution in [0.2, 0.25) is 19.6 Å². The smallest absolute Gasteiger partial charge is 0.280 e. The van der Waals surface area contributed by atoms with Crippen LogP contribution in [0.3, 0.4) is 0 Å². The van der Waals surface area contributed by atoms with E-state index < -0.39 is 8.32 Å². The zero-order valence-electron chi connectivity index (χ0n) is 11.4. The molecule has 1 rings (SSSR count). The first kappa shape index (κ1) is 13.7. The summed E-state index contributed by atoms with van der Waals surface area (Å²) in [4.78, 5) is 0. The minimum atomic E-state index is -1.67. The van der Waals surface area contributed by atoms with Gasteiger partial charge in [0.25, 0.3) is 8.32 Å². The van der Waals surface area contributed by atoms with Crippen molar-refractivity contribution in [2.75, 3.05) is 7.11 Å². The van der Waals surface area contributed by atoms with E-state index in [0.717, 1.165) is 16.9 Å². The van der Waals surface area contributed by atoms with Crippen LogP contribution in [0.1, 0.15) is 11.1 Å². The number of methoxy groups -OCH3 is 1. The van der Waals surface area contributed by atoms with Crippen molar-refractivity contribution in [2.45, 2.75) is 33.5 Å². The van der Waals surface area contributed by atoms with Gasteiger partial charge in [-0.25, -0.2) is 0 Å². The molecule has 0 aliphatic rings. The monoisotopic (exact) mass is 252 g/mol. The first-order valence-electron chi connectivity index (χ1n) is 5.58. The molecular weight excluding hydrogens is 232 g/mol. The van der Waals surface area contributed by atoms with Gasteiger partial charge in [-0.1, -0.05) is 6.07 Å². The molecule has 0 amide bonds. The SMILES string of the molecule is COc1c(C)cc(C)cc1N=NO[Si](C)(C)C. The van der Waals surface area contributed by atoms with Gasteiger partial charge in [0.15, 0.2) is 0 Å². The maximum atomic E-state index is 5.35. The minimum Gasteiger partial charge on any atom is -0.494 e. The van der Waals surface area contributed by atoms with Gasteiger partial charge in [0.05, 0.1) is 7.11 Å². The number of rotatable bonds is 4. The van der Waals surface area contributed by atoms with Gasteiger partial charge in [0.1, 0.15) is 11.4 Å². The Morgan fingerprint density at radius 1 is 1.12 bits per heavy atom.